The van der Waals surface area contributed by atoms with Crippen molar-refractivity contribution in [1.29, 1.82) is 0 Å². The topological polar surface area (TPSA) is 27.1 Å². The van der Waals surface area contributed by atoms with Crippen LogP contribution in [0.1, 0.15) is 37.9 Å². The van der Waals surface area contributed by atoms with E-state index in [4.69, 9.17) is 21.3 Å². The minimum atomic E-state index is -0.0987. The van der Waals surface area contributed by atoms with Gasteiger partial charge in [-0.3, -0.25) is 0 Å². The third kappa shape index (κ3) is 2.88. The van der Waals surface area contributed by atoms with Gasteiger partial charge in [-0.15, -0.1) is 11.6 Å². The fourth-order valence-electron chi connectivity index (χ4n) is 3.02. The highest BCUT2D eigenvalue weighted by atomic mass is 35.5. The van der Waals surface area contributed by atoms with Gasteiger partial charge < -0.3 is 9.30 Å². The molecule has 2 unspecified atom stereocenters. The summed E-state index contributed by atoms with van der Waals surface area (Å²) < 4.78 is 7.88. The second kappa shape index (κ2) is 5.73. The SMILES string of the molecule is COc1ccc2c(c1)nc(C(C)Cl)n2CC1(C)CCCS1. The number of benzene rings is 1. The van der Waals surface area contributed by atoms with Crippen molar-refractivity contribution in [3.63, 3.8) is 0 Å². The lowest BCUT2D eigenvalue weighted by molar-refractivity contribution is 0.415. The van der Waals surface area contributed by atoms with Gasteiger partial charge in [-0.05, 0) is 44.6 Å². The molecule has 1 aliphatic heterocycles. The van der Waals surface area contributed by atoms with Crippen molar-refractivity contribution >= 4 is 34.4 Å². The average Bonchev–Trinajstić information content (AvgIpc) is 3.03. The van der Waals surface area contributed by atoms with Gasteiger partial charge in [0.1, 0.15) is 11.6 Å². The van der Waals surface area contributed by atoms with Gasteiger partial charge in [0.2, 0.25) is 0 Å². The molecule has 1 saturated heterocycles. The van der Waals surface area contributed by atoms with E-state index in [1.54, 1.807) is 7.11 Å². The lowest BCUT2D eigenvalue weighted by atomic mass is 10.1. The number of aromatic nitrogens is 2. The number of rotatable bonds is 4. The maximum Gasteiger partial charge on any atom is 0.127 e. The summed E-state index contributed by atoms with van der Waals surface area (Å²) in [5.74, 6) is 3.04. The Morgan fingerprint density at radius 3 is 2.95 bits per heavy atom. The smallest absolute Gasteiger partial charge is 0.127 e. The summed E-state index contributed by atoms with van der Waals surface area (Å²) >= 11 is 8.43. The van der Waals surface area contributed by atoms with E-state index in [1.165, 1.54) is 18.6 Å². The number of nitrogens with zero attached hydrogens (tertiary/aromatic N) is 2. The average molecular weight is 325 g/mol. The number of methoxy groups -OCH3 is 1. The predicted octanol–water partition coefficient (Wildman–Crippen LogP) is 4.63. The van der Waals surface area contributed by atoms with Gasteiger partial charge in [-0.2, -0.15) is 11.8 Å². The van der Waals surface area contributed by atoms with Gasteiger partial charge in [0.25, 0.3) is 0 Å². The van der Waals surface area contributed by atoms with Crippen LogP contribution in [0.25, 0.3) is 11.0 Å². The molecule has 0 aliphatic carbocycles. The summed E-state index contributed by atoms with van der Waals surface area (Å²) in [5, 5.41) is -0.0987. The molecule has 1 aromatic heterocycles. The highest BCUT2D eigenvalue weighted by molar-refractivity contribution is 8.00. The summed E-state index contributed by atoms with van der Waals surface area (Å²) in [6.45, 7) is 5.30. The zero-order valence-corrected chi connectivity index (χ0v) is 14.3. The standard InChI is InChI=1S/C16H21ClN2OS/c1-11(17)15-18-13-9-12(20-3)5-6-14(13)19(15)10-16(2)7-4-8-21-16/h5-6,9,11H,4,7-8,10H2,1-3H3. The van der Waals surface area contributed by atoms with Gasteiger partial charge in [0.15, 0.2) is 0 Å². The molecule has 5 heteroatoms. The number of ether oxygens (including phenoxy) is 1. The Kier molecular flexibility index (Phi) is 4.10. The molecule has 2 heterocycles. The molecular formula is C16H21ClN2OS. The number of hydrogen-bond acceptors (Lipinski definition) is 3. The predicted molar refractivity (Wildman–Crippen MR) is 90.7 cm³/mol. The maximum absolute atomic E-state index is 6.36. The van der Waals surface area contributed by atoms with E-state index in [0.717, 1.165) is 29.2 Å². The molecule has 0 radical (unpaired) electrons. The van der Waals surface area contributed by atoms with E-state index in [0.29, 0.717) is 0 Å². The Bertz CT molecular complexity index is 647. The molecule has 114 valence electrons. The van der Waals surface area contributed by atoms with E-state index < -0.39 is 0 Å². The summed E-state index contributed by atoms with van der Waals surface area (Å²) in [7, 11) is 1.68. The second-order valence-corrected chi connectivity index (χ2v) is 8.27. The van der Waals surface area contributed by atoms with Crippen molar-refractivity contribution < 1.29 is 4.74 Å². The first-order valence-electron chi connectivity index (χ1n) is 7.35. The van der Waals surface area contributed by atoms with Crippen LogP contribution in [0.2, 0.25) is 0 Å². The number of thioether (sulfide) groups is 1. The molecule has 1 fully saturated rings. The van der Waals surface area contributed by atoms with Crippen molar-refractivity contribution in [2.24, 2.45) is 0 Å². The van der Waals surface area contributed by atoms with E-state index in [2.05, 4.69) is 29.3 Å². The van der Waals surface area contributed by atoms with Gasteiger partial charge in [-0.25, -0.2) is 4.98 Å². The largest absolute Gasteiger partial charge is 0.497 e. The lowest BCUT2D eigenvalue weighted by Crippen LogP contribution is -2.25. The van der Waals surface area contributed by atoms with Crippen LogP contribution in [0.5, 0.6) is 5.75 Å². The molecule has 3 nitrogen and oxygen atoms in total. The summed E-state index contributed by atoms with van der Waals surface area (Å²) in [5.41, 5.74) is 2.11. The number of hydrogen-bond donors (Lipinski definition) is 0. The Labute approximate surface area is 135 Å². The normalized spacial score (nSPS) is 23.6. The number of halogens is 1. The van der Waals surface area contributed by atoms with Crippen LogP contribution in [-0.4, -0.2) is 27.2 Å². The Hall–Kier alpha value is -0.870. The first-order chi connectivity index (χ1) is 10.0. The van der Waals surface area contributed by atoms with Gasteiger partial charge in [0.05, 0.1) is 23.5 Å². The first kappa shape index (κ1) is 15.0. The van der Waals surface area contributed by atoms with Crippen LogP contribution in [0.4, 0.5) is 0 Å². The molecule has 0 amide bonds. The molecule has 1 aromatic carbocycles. The molecule has 3 rings (SSSR count). The molecule has 0 spiro atoms. The van der Waals surface area contributed by atoms with Crippen LogP contribution in [0.3, 0.4) is 0 Å². The quantitative estimate of drug-likeness (QED) is 0.767. The Balaban J connectivity index is 2.07. The number of fused-ring (bicyclic) bond motifs is 1. The van der Waals surface area contributed by atoms with E-state index in [9.17, 15) is 0 Å². The third-order valence-electron chi connectivity index (χ3n) is 4.13. The molecular weight excluding hydrogens is 304 g/mol. The first-order valence-corrected chi connectivity index (χ1v) is 8.77. The molecule has 2 aromatic rings. The van der Waals surface area contributed by atoms with E-state index in [-0.39, 0.29) is 10.1 Å². The number of alkyl halides is 1. The van der Waals surface area contributed by atoms with Crippen LogP contribution >= 0.6 is 23.4 Å². The lowest BCUT2D eigenvalue weighted by Gasteiger charge is -2.25. The van der Waals surface area contributed by atoms with Crippen molar-refractivity contribution in [3.05, 3.63) is 24.0 Å². The molecule has 2 atom stereocenters. The van der Waals surface area contributed by atoms with Crippen molar-refractivity contribution in [1.82, 2.24) is 9.55 Å². The minimum absolute atomic E-state index is 0.0987. The van der Waals surface area contributed by atoms with Gasteiger partial charge in [0, 0.05) is 17.4 Å². The molecule has 0 N–H and O–H groups in total. The molecule has 0 bridgehead atoms. The minimum Gasteiger partial charge on any atom is -0.497 e. The van der Waals surface area contributed by atoms with E-state index >= 15 is 0 Å². The summed E-state index contributed by atoms with van der Waals surface area (Å²) in [4.78, 5) is 4.74. The monoisotopic (exact) mass is 324 g/mol. The molecule has 21 heavy (non-hydrogen) atoms. The van der Waals surface area contributed by atoms with Crippen LogP contribution in [0.15, 0.2) is 18.2 Å². The highest BCUT2D eigenvalue weighted by Gasteiger charge is 2.31. The van der Waals surface area contributed by atoms with Crippen molar-refractivity contribution in [3.8, 4) is 5.75 Å². The summed E-state index contributed by atoms with van der Waals surface area (Å²) in [6.07, 6.45) is 2.55. The van der Waals surface area contributed by atoms with Crippen LogP contribution in [-0.2, 0) is 6.54 Å². The molecule has 0 saturated carbocycles. The van der Waals surface area contributed by atoms with Crippen LogP contribution < -0.4 is 4.74 Å². The van der Waals surface area contributed by atoms with Gasteiger partial charge >= 0.3 is 0 Å². The summed E-state index contributed by atoms with van der Waals surface area (Å²) in [6, 6.07) is 6.07. The van der Waals surface area contributed by atoms with Gasteiger partial charge in [-0.1, -0.05) is 0 Å². The Morgan fingerprint density at radius 1 is 1.52 bits per heavy atom. The second-order valence-electron chi connectivity index (χ2n) is 5.93. The maximum atomic E-state index is 6.36. The fourth-order valence-corrected chi connectivity index (χ4v) is 4.48. The fraction of sp³-hybridized carbons (Fsp3) is 0.562. The van der Waals surface area contributed by atoms with Crippen molar-refractivity contribution in [2.45, 2.75) is 43.4 Å². The molecule has 1 aliphatic rings. The highest BCUT2D eigenvalue weighted by Crippen LogP contribution is 2.40. The van der Waals surface area contributed by atoms with Crippen LogP contribution in [0, 0.1) is 0 Å². The Morgan fingerprint density at radius 2 is 2.33 bits per heavy atom. The zero-order chi connectivity index (χ0) is 15.0. The zero-order valence-electron chi connectivity index (χ0n) is 12.7. The van der Waals surface area contributed by atoms with E-state index in [1.807, 2.05) is 19.1 Å². The van der Waals surface area contributed by atoms with Crippen molar-refractivity contribution in [2.75, 3.05) is 12.9 Å². The number of imidazole rings is 1. The third-order valence-corrected chi connectivity index (χ3v) is 5.85.